The van der Waals surface area contributed by atoms with Crippen molar-refractivity contribution in [2.24, 2.45) is 0 Å². The second-order valence-electron chi connectivity index (χ2n) is 3.12. The number of hydrogen-bond acceptors (Lipinski definition) is 5. The normalized spacial score (nSPS) is 8.94. The van der Waals surface area contributed by atoms with Gasteiger partial charge in [-0.3, -0.25) is 14.9 Å². The maximum atomic E-state index is 11.0. The predicted molar refractivity (Wildman–Crippen MR) is 62.0 cm³/mol. The van der Waals surface area contributed by atoms with E-state index >= 15 is 0 Å². The van der Waals surface area contributed by atoms with Gasteiger partial charge in [0.05, 0.1) is 17.1 Å². The van der Waals surface area contributed by atoms with Crippen molar-refractivity contribution in [3.8, 4) is 11.8 Å². The van der Waals surface area contributed by atoms with Crippen molar-refractivity contribution in [1.82, 2.24) is 0 Å². The highest BCUT2D eigenvalue weighted by Gasteiger charge is 2.12. The third-order valence-electron chi connectivity index (χ3n) is 1.94. The van der Waals surface area contributed by atoms with Gasteiger partial charge in [-0.1, -0.05) is 5.92 Å². The van der Waals surface area contributed by atoms with Crippen LogP contribution in [0.15, 0.2) is 18.2 Å². The van der Waals surface area contributed by atoms with Gasteiger partial charge in [0.25, 0.3) is 5.69 Å². The average Bonchev–Trinajstić information content (AvgIpc) is 2.36. The lowest BCUT2D eigenvalue weighted by Crippen LogP contribution is -1.99. The number of esters is 1. The molecule has 0 aliphatic carbocycles. The van der Waals surface area contributed by atoms with Crippen LogP contribution in [-0.4, -0.2) is 23.8 Å². The molecule has 0 amide bonds. The highest BCUT2D eigenvalue weighted by atomic mass is 16.6. The molecule has 0 saturated heterocycles. The Morgan fingerprint density at radius 1 is 1.56 bits per heavy atom. The molecule has 0 saturated carbocycles. The molecule has 1 aromatic carbocycles. The first-order valence-electron chi connectivity index (χ1n) is 5.01. The maximum absolute atomic E-state index is 11.0. The Morgan fingerprint density at radius 2 is 2.28 bits per heavy atom. The molecule has 1 aromatic rings. The summed E-state index contributed by atoms with van der Waals surface area (Å²) in [7, 11) is 0. The summed E-state index contributed by atoms with van der Waals surface area (Å²) in [5.74, 6) is 3.98. The molecule has 0 bridgehead atoms. The van der Waals surface area contributed by atoms with E-state index in [1.165, 1.54) is 18.2 Å². The number of nitrogens with zero attached hydrogens (tertiary/aromatic N) is 1. The minimum Gasteiger partial charge on any atom is -0.456 e. The van der Waals surface area contributed by atoms with Crippen LogP contribution in [0.2, 0.25) is 0 Å². The van der Waals surface area contributed by atoms with Crippen molar-refractivity contribution in [2.75, 3.05) is 6.61 Å². The summed E-state index contributed by atoms with van der Waals surface area (Å²) in [6, 6.07) is 3.77. The number of rotatable bonds is 3. The summed E-state index contributed by atoms with van der Waals surface area (Å²) in [6.07, 6.45) is 0.369. The molecule has 1 rings (SSSR count). The molecule has 0 atom stereocenters. The predicted octanol–water partition coefficient (Wildman–Crippen LogP) is 1.32. The minimum absolute atomic E-state index is 0.0874. The summed E-state index contributed by atoms with van der Waals surface area (Å²) >= 11 is 0. The van der Waals surface area contributed by atoms with Crippen LogP contribution in [0.25, 0.3) is 0 Å². The van der Waals surface area contributed by atoms with Crippen molar-refractivity contribution in [1.29, 1.82) is 0 Å². The second-order valence-corrected chi connectivity index (χ2v) is 3.12. The standard InChI is InChI=1S/C12H9NO5/c1-2-18-12(15)6-4-9-3-5-11(13(16)17)10(7-9)8-14/h3,5,7-8H,2H2,1H3. The summed E-state index contributed by atoms with van der Waals surface area (Å²) < 4.78 is 4.59. The van der Waals surface area contributed by atoms with Gasteiger partial charge in [-0.15, -0.1) is 0 Å². The Bertz CT molecular complexity index is 553. The Kier molecular flexibility index (Phi) is 4.58. The van der Waals surface area contributed by atoms with Gasteiger partial charge in [-0.05, 0) is 19.1 Å². The van der Waals surface area contributed by atoms with E-state index in [9.17, 15) is 19.7 Å². The van der Waals surface area contributed by atoms with Crippen LogP contribution in [-0.2, 0) is 9.53 Å². The molecular weight excluding hydrogens is 238 g/mol. The van der Waals surface area contributed by atoms with Crippen molar-refractivity contribution >= 4 is 17.9 Å². The summed E-state index contributed by atoms with van der Waals surface area (Å²) in [5, 5.41) is 10.6. The Morgan fingerprint density at radius 3 is 2.83 bits per heavy atom. The third kappa shape index (κ3) is 3.42. The molecule has 0 N–H and O–H groups in total. The number of hydrogen-bond donors (Lipinski definition) is 0. The Labute approximate surface area is 103 Å². The number of carbonyl (C=O) groups excluding carboxylic acids is 2. The molecule has 6 nitrogen and oxygen atoms in total. The van der Waals surface area contributed by atoms with Crippen LogP contribution < -0.4 is 0 Å². The van der Waals surface area contributed by atoms with Crippen molar-refractivity contribution in [3.63, 3.8) is 0 Å². The lowest BCUT2D eigenvalue weighted by Gasteiger charge is -1.96. The van der Waals surface area contributed by atoms with Gasteiger partial charge in [-0.2, -0.15) is 0 Å². The monoisotopic (exact) mass is 247 g/mol. The highest BCUT2D eigenvalue weighted by Crippen LogP contribution is 2.17. The first kappa shape index (κ1) is 13.4. The number of carbonyl (C=O) groups is 2. The van der Waals surface area contributed by atoms with Gasteiger partial charge >= 0.3 is 5.97 Å². The molecule has 0 unspecified atom stereocenters. The summed E-state index contributed by atoms with van der Waals surface area (Å²) in [6.45, 7) is 1.86. The lowest BCUT2D eigenvalue weighted by atomic mass is 10.1. The van der Waals surface area contributed by atoms with E-state index in [0.717, 1.165) is 0 Å². The van der Waals surface area contributed by atoms with Gasteiger partial charge in [0.1, 0.15) is 0 Å². The summed E-state index contributed by atoms with van der Waals surface area (Å²) in [4.78, 5) is 31.6. The van der Waals surface area contributed by atoms with Gasteiger partial charge in [0.2, 0.25) is 0 Å². The van der Waals surface area contributed by atoms with Gasteiger partial charge in [-0.25, -0.2) is 4.79 Å². The summed E-state index contributed by atoms with van der Waals surface area (Å²) in [5.41, 5.74) is -0.0573. The average molecular weight is 247 g/mol. The molecule has 18 heavy (non-hydrogen) atoms. The molecule has 0 heterocycles. The van der Waals surface area contributed by atoms with Crippen LogP contribution in [0.5, 0.6) is 0 Å². The van der Waals surface area contributed by atoms with E-state index in [1.54, 1.807) is 6.92 Å². The number of aldehydes is 1. The van der Waals surface area contributed by atoms with Gasteiger partial charge < -0.3 is 4.74 Å². The first-order chi connectivity index (χ1) is 8.58. The number of ether oxygens (including phenoxy) is 1. The van der Waals surface area contributed by atoms with E-state index in [4.69, 9.17) is 0 Å². The topological polar surface area (TPSA) is 86.5 Å². The Balaban J connectivity index is 3.03. The molecule has 0 spiro atoms. The number of nitro benzene ring substituents is 1. The van der Waals surface area contributed by atoms with E-state index in [2.05, 4.69) is 16.6 Å². The van der Waals surface area contributed by atoms with E-state index in [0.29, 0.717) is 11.8 Å². The fourth-order valence-corrected chi connectivity index (χ4v) is 1.18. The van der Waals surface area contributed by atoms with Crippen molar-refractivity contribution < 1.29 is 19.2 Å². The van der Waals surface area contributed by atoms with E-state index in [1.807, 2.05) is 0 Å². The van der Waals surface area contributed by atoms with Gasteiger partial charge in [0, 0.05) is 17.6 Å². The first-order valence-corrected chi connectivity index (χ1v) is 5.01. The third-order valence-corrected chi connectivity index (χ3v) is 1.94. The molecule has 92 valence electrons. The fourth-order valence-electron chi connectivity index (χ4n) is 1.18. The smallest absolute Gasteiger partial charge is 0.384 e. The largest absolute Gasteiger partial charge is 0.456 e. The van der Waals surface area contributed by atoms with Crippen LogP contribution in [0.3, 0.4) is 0 Å². The maximum Gasteiger partial charge on any atom is 0.384 e. The molecule has 6 heteroatoms. The Hall–Kier alpha value is -2.68. The molecule has 0 aliphatic rings. The lowest BCUT2D eigenvalue weighted by molar-refractivity contribution is -0.385. The van der Waals surface area contributed by atoms with Gasteiger partial charge in [0.15, 0.2) is 6.29 Å². The van der Waals surface area contributed by atoms with Crippen LogP contribution >= 0.6 is 0 Å². The molecule has 0 radical (unpaired) electrons. The molecule has 0 fully saturated rings. The van der Waals surface area contributed by atoms with Crippen LogP contribution in [0.4, 0.5) is 5.69 Å². The fraction of sp³-hybridized carbons (Fsp3) is 0.167. The van der Waals surface area contributed by atoms with Crippen LogP contribution in [0, 0.1) is 22.0 Å². The SMILES string of the molecule is CCOC(=O)C#Cc1ccc([N+](=O)[O-])c(C=O)c1. The number of benzene rings is 1. The molecular formula is C12H9NO5. The molecule has 0 aliphatic heterocycles. The quantitative estimate of drug-likeness (QED) is 0.264. The van der Waals surface area contributed by atoms with Crippen molar-refractivity contribution in [3.05, 3.63) is 39.4 Å². The molecule has 0 aromatic heterocycles. The van der Waals surface area contributed by atoms with E-state index < -0.39 is 10.9 Å². The van der Waals surface area contributed by atoms with E-state index in [-0.39, 0.29) is 17.9 Å². The zero-order chi connectivity index (χ0) is 13.5. The van der Waals surface area contributed by atoms with Crippen molar-refractivity contribution in [2.45, 2.75) is 6.92 Å². The zero-order valence-corrected chi connectivity index (χ0v) is 9.50. The zero-order valence-electron chi connectivity index (χ0n) is 9.50. The van der Waals surface area contributed by atoms with Crippen LogP contribution in [0.1, 0.15) is 22.8 Å². The highest BCUT2D eigenvalue weighted by molar-refractivity contribution is 5.89. The minimum atomic E-state index is -0.691. The second kappa shape index (κ2) is 6.15. The number of nitro groups is 1.